The molecule has 2 N–H and O–H groups in total. The van der Waals surface area contributed by atoms with Gasteiger partial charge in [-0.2, -0.15) is 0 Å². The number of amides is 1. The van der Waals surface area contributed by atoms with Gasteiger partial charge < -0.3 is 19.9 Å². The molecule has 0 fully saturated rings. The highest BCUT2D eigenvalue weighted by molar-refractivity contribution is 5.97. The molecule has 0 spiro atoms. The van der Waals surface area contributed by atoms with Crippen molar-refractivity contribution < 1.29 is 19.4 Å². The number of phenolic OH excluding ortho intramolecular Hbond substituents is 1. The number of methoxy groups -OCH3 is 2. The molecule has 0 aliphatic carbocycles. The molecule has 1 atom stereocenters. The van der Waals surface area contributed by atoms with Crippen molar-refractivity contribution in [3.63, 3.8) is 0 Å². The quantitative estimate of drug-likeness (QED) is 0.779. The monoisotopic (exact) mass is 253 g/mol. The molecular formula is C13H19NO4. The molecule has 5 heteroatoms. The van der Waals surface area contributed by atoms with Crippen molar-refractivity contribution in [2.24, 2.45) is 0 Å². The lowest BCUT2D eigenvalue weighted by atomic mass is 10.1. The molecule has 0 saturated carbocycles. The summed E-state index contributed by atoms with van der Waals surface area (Å²) in [5.41, 5.74) is 1.13. The summed E-state index contributed by atoms with van der Waals surface area (Å²) in [4.78, 5) is 11.9. The van der Waals surface area contributed by atoms with Gasteiger partial charge in [0.2, 0.25) is 0 Å². The Hall–Kier alpha value is -1.59. The molecule has 0 aromatic heterocycles. The standard InChI is InChI=1S/C13H19NO4/c1-8-5-6-10(11(15)7-8)12(16)14-9(2)13(17-3)18-4/h5-7,9,13,15H,1-4H3,(H,14,16). The van der Waals surface area contributed by atoms with E-state index in [1.54, 1.807) is 25.1 Å². The highest BCUT2D eigenvalue weighted by Crippen LogP contribution is 2.18. The van der Waals surface area contributed by atoms with E-state index in [2.05, 4.69) is 5.32 Å². The highest BCUT2D eigenvalue weighted by atomic mass is 16.7. The summed E-state index contributed by atoms with van der Waals surface area (Å²) >= 11 is 0. The maximum absolute atomic E-state index is 11.9. The molecule has 0 saturated heterocycles. The van der Waals surface area contributed by atoms with Gasteiger partial charge in [0.1, 0.15) is 5.75 Å². The molecular weight excluding hydrogens is 234 g/mol. The van der Waals surface area contributed by atoms with E-state index in [0.717, 1.165) is 5.56 Å². The van der Waals surface area contributed by atoms with Crippen LogP contribution in [0.4, 0.5) is 0 Å². The number of ether oxygens (including phenoxy) is 2. The number of benzene rings is 1. The second-order valence-electron chi connectivity index (χ2n) is 4.12. The molecule has 0 aliphatic rings. The largest absolute Gasteiger partial charge is 0.507 e. The number of carbonyl (C=O) groups excluding carboxylic acids is 1. The molecule has 1 aromatic carbocycles. The van der Waals surface area contributed by atoms with Crippen LogP contribution < -0.4 is 5.32 Å². The average Bonchev–Trinajstić information content (AvgIpc) is 2.30. The van der Waals surface area contributed by atoms with E-state index in [1.807, 2.05) is 6.92 Å². The fourth-order valence-corrected chi connectivity index (χ4v) is 1.69. The van der Waals surface area contributed by atoms with Crippen LogP contribution in [0.3, 0.4) is 0 Å². The van der Waals surface area contributed by atoms with E-state index >= 15 is 0 Å². The van der Waals surface area contributed by atoms with Crippen molar-refractivity contribution in [2.75, 3.05) is 14.2 Å². The number of rotatable bonds is 5. The molecule has 18 heavy (non-hydrogen) atoms. The Bertz CT molecular complexity index is 415. The van der Waals surface area contributed by atoms with Crippen LogP contribution in [-0.4, -0.2) is 37.6 Å². The van der Waals surface area contributed by atoms with Crippen molar-refractivity contribution in [3.05, 3.63) is 29.3 Å². The summed E-state index contributed by atoms with van der Waals surface area (Å²) in [7, 11) is 3.00. The van der Waals surface area contributed by atoms with E-state index in [4.69, 9.17) is 9.47 Å². The van der Waals surface area contributed by atoms with Crippen molar-refractivity contribution in [2.45, 2.75) is 26.2 Å². The van der Waals surface area contributed by atoms with Crippen molar-refractivity contribution in [1.82, 2.24) is 5.32 Å². The van der Waals surface area contributed by atoms with Crippen LogP contribution in [0.1, 0.15) is 22.8 Å². The van der Waals surface area contributed by atoms with E-state index in [1.165, 1.54) is 14.2 Å². The van der Waals surface area contributed by atoms with Gasteiger partial charge in [-0.15, -0.1) is 0 Å². The number of hydrogen-bond acceptors (Lipinski definition) is 4. The Labute approximate surface area is 107 Å². The molecule has 100 valence electrons. The number of hydrogen-bond donors (Lipinski definition) is 2. The third kappa shape index (κ3) is 3.45. The SMILES string of the molecule is COC(OC)C(C)NC(=O)c1ccc(C)cc1O. The van der Waals surface area contributed by atoms with Gasteiger partial charge in [-0.1, -0.05) is 6.07 Å². The highest BCUT2D eigenvalue weighted by Gasteiger charge is 2.20. The second kappa shape index (κ2) is 6.37. The van der Waals surface area contributed by atoms with Gasteiger partial charge in [-0.05, 0) is 31.5 Å². The van der Waals surface area contributed by atoms with Gasteiger partial charge in [0.25, 0.3) is 5.91 Å². The van der Waals surface area contributed by atoms with Crippen LogP contribution in [0.2, 0.25) is 0 Å². The third-order valence-corrected chi connectivity index (χ3v) is 2.63. The lowest BCUT2D eigenvalue weighted by Gasteiger charge is -2.22. The minimum Gasteiger partial charge on any atom is -0.507 e. The van der Waals surface area contributed by atoms with Crippen molar-refractivity contribution in [3.8, 4) is 5.75 Å². The fourth-order valence-electron chi connectivity index (χ4n) is 1.69. The number of nitrogens with one attached hydrogen (secondary N) is 1. The van der Waals surface area contributed by atoms with Crippen LogP contribution >= 0.6 is 0 Å². The van der Waals surface area contributed by atoms with Crippen LogP contribution in [0.25, 0.3) is 0 Å². The van der Waals surface area contributed by atoms with Crippen LogP contribution in [0.15, 0.2) is 18.2 Å². The van der Waals surface area contributed by atoms with Crippen molar-refractivity contribution >= 4 is 5.91 Å². The minimum absolute atomic E-state index is 0.0360. The van der Waals surface area contributed by atoms with Crippen molar-refractivity contribution in [1.29, 1.82) is 0 Å². The summed E-state index contributed by atoms with van der Waals surface area (Å²) in [5.74, 6) is -0.398. The fraction of sp³-hybridized carbons (Fsp3) is 0.462. The number of carbonyl (C=O) groups is 1. The first-order valence-corrected chi connectivity index (χ1v) is 5.65. The Morgan fingerprint density at radius 2 is 1.94 bits per heavy atom. The van der Waals surface area contributed by atoms with Gasteiger partial charge in [0.15, 0.2) is 6.29 Å². The predicted molar refractivity (Wildman–Crippen MR) is 67.6 cm³/mol. The summed E-state index contributed by atoms with van der Waals surface area (Å²) in [6.45, 7) is 3.61. The normalized spacial score (nSPS) is 12.5. The van der Waals surface area contributed by atoms with E-state index in [-0.39, 0.29) is 23.3 Å². The zero-order valence-corrected chi connectivity index (χ0v) is 11.1. The first-order valence-electron chi connectivity index (χ1n) is 5.65. The van der Waals surface area contributed by atoms with E-state index in [9.17, 15) is 9.90 Å². The number of aryl methyl sites for hydroxylation is 1. The summed E-state index contributed by atoms with van der Waals surface area (Å²) in [5, 5.41) is 12.4. The Morgan fingerprint density at radius 3 is 2.44 bits per heavy atom. The summed E-state index contributed by atoms with van der Waals surface area (Å²) in [6, 6.07) is 4.57. The van der Waals surface area contributed by atoms with Gasteiger partial charge in [0, 0.05) is 14.2 Å². The van der Waals surface area contributed by atoms with Gasteiger partial charge >= 0.3 is 0 Å². The Morgan fingerprint density at radius 1 is 1.33 bits per heavy atom. The Balaban J connectivity index is 2.76. The van der Waals surface area contributed by atoms with Crippen LogP contribution in [0.5, 0.6) is 5.75 Å². The lowest BCUT2D eigenvalue weighted by molar-refractivity contribution is -0.117. The minimum atomic E-state index is -0.526. The van der Waals surface area contributed by atoms with Gasteiger partial charge in [-0.3, -0.25) is 4.79 Å². The molecule has 5 nitrogen and oxygen atoms in total. The molecule has 1 unspecified atom stereocenters. The smallest absolute Gasteiger partial charge is 0.255 e. The third-order valence-electron chi connectivity index (χ3n) is 2.63. The van der Waals surface area contributed by atoms with E-state index in [0.29, 0.717) is 0 Å². The van der Waals surface area contributed by atoms with Crippen LogP contribution in [-0.2, 0) is 9.47 Å². The molecule has 1 aromatic rings. The Kier molecular flexibility index (Phi) is 5.12. The zero-order chi connectivity index (χ0) is 13.7. The maximum atomic E-state index is 11.9. The number of aromatic hydroxyl groups is 1. The molecule has 1 amide bonds. The molecule has 1 rings (SSSR count). The lowest BCUT2D eigenvalue weighted by Crippen LogP contribution is -2.42. The molecule has 0 aliphatic heterocycles. The maximum Gasteiger partial charge on any atom is 0.255 e. The summed E-state index contributed by atoms with van der Waals surface area (Å²) in [6.07, 6.45) is -0.526. The topological polar surface area (TPSA) is 67.8 Å². The van der Waals surface area contributed by atoms with Crippen LogP contribution in [0, 0.1) is 6.92 Å². The molecule has 0 radical (unpaired) electrons. The van der Waals surface area contributed by atoms with Gasteiger partial charge in [-0.25, -0.2) is 0 Å². The zero-order valence-electron chi connectivity index (χ0n) is 11.1. The molecule has 0 heterocycles. The first-order chi connectivity index (χ1) is 8.49. The molecule has 0 bridgehead atoms. The number of phenols is 1. The van der Waals surface area contributed by atoms with Gasteiger partial charge in [0.05, 0.1) is 11.6 Å². The average molecular weight is 253 g/mol. The summed E-state index contributed by atoms with van der Waals surface area (Å²) < 4.78 is 10.1. The second-order valence-corrected chi connectivity index (χ2v) is 4.12. The first kappa shape index (κ1) is 14.5. The van der Waals surface area contributed by atoms with E-state index < -0.39 is 6.29 Å². The predicted octanol–water partition coefficient (Wildman–Crippen LogP) is 1.44.